The standard InChI is InChI=1S/C22H34N2O3/c1-18-7-4-8-20(19(18)2)27-16-15-23-11-6-12-24(14-13-23)21(25)22(17-26-3)9-5-10-22/h4,7-8H,5-6,9-17H2,1-3H3. The highest BCUT2D eigenvalue weighted by molar-refractivity contribution is 5.83. The van der Waals surface area contributed by atoms with Gasteiger partial charge in [0, 0.05) is 39.8 Å². The zero-order valence-electron chi connectivity index (χ0n) is 17.1. The van der Waals surface area contributed by atoms with E-state index in [4.69, 9.17) is 9.47 Å². The van der Waals surface area contributed by atoms with Crippen LogP contribution in [0.3, 0.4) is 0 Å². The van der Waals surface area contributed by atoms with Crippen molar-refractivity contribution in [2.45, 2.75) is 39.5 Å². The minimum atomic E-state index is -0.240. The van der Waals surface area contributed by atoms with Crippen LogP contribution in [0.1, 0.15) is 36.8 Å². The molecule has 1 aliphatic heterocycles. The van der Waals surface area contributed by atoms with E-state index in [1.165, 1.54) is 11.1 Å². The molecule has 5 heteroatoms. The fourth-order valence-electron chi connectivity index (χ4n) is 4.20. The fourth-order valence-corrected chi connectivity index (χ4v) is 4.20. The molecule has 1 amide bonds. The SMILES string of the molecule is COCC1(C(=O)N2CCCN(CCOc3cccc(C)c3C)CC2)CCC1. The summed E-state index contributed by atoms with van der Waals surface area (Å²) in [6.45, 7) is 9.99. The molecule has 1 heterocycles. The number of amides is 1. The van der Waals surface area contributed by atoms with E-state index in [1.807, 2.05) is 12.1 Å². The van der Waals surface area contributed by atoms with Crippen LogP contribution in [0.4, 0.5) is 0 Å². The highest BCUT2D eigenvalue weighted by Crippen LogP contribution is 2.42. The average Bonchev–Trinajstić information content (AvgIpc) is 2.87. The number of rotatable bonds is 7. The molecule has 0 N–H and O–H groups in total. The van der Waals surface area contributed by atoms with E-state index >= 15 is 0 Å². The van der Waals surface area contributed by atoms with Crippen molar-refractivity contribution in [3.63, 3.8) is 0 Å². The van der Waals surface area contributed by atoms with E-state index in [-0.39, 0.29) is 5.41 Å². The van der Waals surface area contributed by atoms with E-state index in [9.17, 15) is 4.79 Å². The second-order valence-corrected chi connectivity index (χ2v) is 8.10. The molecule has 0 atom stereocenters. The molecule has 0 spiro atoms. The van der Waals surface area contributed by atoms with Crippen molar-refractivity contribution >= 4 is 5.91 Å². The number of ether oxygens (including phenoxy) is 2. The molecule has 0 unspecified atom stereocenters. The van der Waals surface area contributed by atoms with Crippen molar-refractivity contribution in [1.29, 1.82) is 0 Å². The lowest BCUT2D eigenvalue weighted by atomic mass is 9.68. The van der Waals surface area contributed by atoms with Crippen LogP contribution in [0.15, 0.2) is 18.2 Å². The first-order valence-electron chi connectivity index (χ1n) is 10.3. The van der Waals surface area contributed by atoms with Crippen molar-refractivity contribution < 1.29 is 14.3 Å². The Balaban J connectivity index is 1.47. The number of methoxy groups -OCH3 is 1. The second-order valence-electron chi connectivity index (χ2n) is 8.10. The van der Waals surface area contributed by atoms with Gasteiger partial charge >= 0.3 is 0 Å². The predicted molar refractivity (Wildman–Crippen MR) is 107 cm³/mol. The lowest BCUT2D eigenvalue weighted by Gasteiger charge is -2.42. The second kappa shape index (κ2) is 9.07. The van der Waals surface area contributed by atoms with E-state index in [1.54, 1.807) is 7.11 Å². The highest BCUT2D eigenvalue weighted by Gasteiger charge is 2.46. The first kappa shape index (κ1) is 20.2. The molecule has 0 bridgehead atoms. The quantitative estimate of drug-likeness (QED) is 0.736. The Morgan fingerprint density at radius 3 is 2.63 bits per heavy atom. The van der Waals surface area contributed by atoms with Gasteiger partial charge in [0.05, 0.1) is 12.0 Å². The predicted octanol–water partition coefficient (Wildman–Crippen LogP) is 3.03. The Kier molecular flexibility index (Phi) is 6.77. The molecule has 2 fully saturated rings. The van der Waals surface area contributed by atoms with Gasteiger partial charge in [-0.1, -0.05) is 18.6 Å². The molecule has 5 nitrogen and oxygen atoms in total. The summed E-state index contributed by atoms with van der Waals surface area (Å²) in [6.07, 6.45) is 4.12. The Labute approximate surface area is 163 Å². The minimum absolute atomic E-state index is 0.240. The van der Waals surface area contributed by atoms with Crippen LogP contribution in [-0.2, 0) is 9.53 Å². The summed E-state index contributed by atoms with van der Waals surface area (Å²) in [4.78, 5) is 17.5. The average molecular weight is 375 g/mol. The third kappa shape index (κ3) is 4.64. The lowest BCUT2D eigenvalue weighted by molar-refractivity contribution is -0.152. The largest absolute Gasteiger partial charge is 0.492 e. The van der Waals surface area contributed by atoms with Crippen LogP contribution in [0.5, 0.6) is 5.75 Å². The molecular formula is C22H34N2O3. The summed E-state index contributed by atoms with van der Waals surface area (Å²) in [5, 5.41) is 0. The lowest BCUT2D eigenvalue weighted by Crippen LogP contribution is -2.51. The van der Waals surface area contributed by atoms with E-state index in [2.05, 4.69) is 29.7 Å². The Morgan fingerprint density at radius 1 is 1.11 bits per heavy atom. The first-order chi connectivity index (χ1) is 13.1. The fraction of sp³-hybridized carbons (Fsp3) is 0.682. The number of carbonyl (C=O) groups excluding carboxylic acids is 1. The summed E-state index contributed by atoms with van der Waals surface area (Å²) in [6, 6.07) is 6.20. The van der Waals surface area contributed by atoms with Crippen molar-refractivity contribution in [1.82, 2.24) is 9.80 Å². The number of benzene rings is 1. The van der Waals surface area contributed by atoms with Crippen molar-refractivity contribution in [3.05, 3.63) is 29.3 Å². The maximum absolute atomic E-state index is 13.0. The topological polar surface area (TPSA) is 42.0 Å². The maximum atomic E-state index is 13.0. The molecule has 0 aromatic heterocycles. The van der Waals surface area contributed by atoms with E-state index in [0.29, 0.717) is 19.1 Å². The van der Waals surface area contributed by atoms with E-state index in [0.717, 1.165) is 64.2 Å². The van der Waals surface area contributed by atoms with Crippen LogP contribution in [0.25, 0.3) is 0 Å². The molecule has 1 saturated carbocycles. The summed E-state index contributed by atoms with van der Waals surface area (Å²) >= 11 is 0. The Hall–Kier alpha value is -1.59. The summed E-state index contributed by atoms with van der Waals surface area (Å²) in [7, 11) is 1.70. The van der Waals surface area contributed by atoms with Gasteiger partial charge in [-0.05, 0) is 50.3 Å². The molecule has 1 aromatic rings. The summed E-state index contributed by atoms with van der Waals surface area (Å²) < 4.78 is 11.4. The van der Waals surface area contributed by atoms with Gasteiger partial charge < -0.3 is 14.4 Å². The highest BCUT2D eigenvalue weighted by atomic mass is 16.5. The molecule has 1 aliphatic carbocycles. The van der Waals surface area contributed by atoms with Crippen LogP contribution in [0.2, 0.25) is 0 Å². The molecule has 1 aromatic carbocycles. The maximum Gasteiger partial charge on any atom is 0.231 e. The number of hydrogen-bond donors (Lipinski definition) is 0. The van der Waals surface area contributed by atoms with Crippen LogP contribution < -0.4 is 4.74 Å². The molecule has 150 valence electrons. The number of carbonyl (C=O) groups is 1. The smallest absolute Gasteiger partial charge is 0.231 e. The van der Waals surface area contributed by atoms with Gasteiger partial charge in [0.1, 0.15) is 12.4 Å². The number of aryl methyl sites for hydroxylation is 1. The Bertz CT molecular complexity index is 642. The van der Waals surface area contributed by atoms with Gasteiger partial charge in [-0.2, -0.15) is 0 Å². The summed E-state index contributed by atoms with van der Waals surface area (Å²) in [5.74, 6) is 1.29. The van der Waals surface area contributed by atoms with Crippen LogP contribution >= 0.6 is 0 Å². The van der Waals surface area contributed by atoms with Gasteiger partial charge in [-0.15, -0.1) is 0 Å². The van der Waals surface area contributed by atoms with Crippen LogP contribution in [0, 0.1) is 19.3 Å². The molecule has 27 heavy (non-hydrogen) atoms. The molecule has 1 saturated heterocycles. The first-order valence-corrected chi connectivity index (χ1v) is 10.3. The molecule has 2 aliphatic rings. The van der Waals surface area contributed by atoms with Gasteiger partial charge in [0.2, 0.25) is 5.91 Å². The molecular weight excluding hydrogens is 340 g/mol. The monoisotopic (exact) mass is 374 g/mol. The van der Waals surface area contributed by atoms with Crippen molar-refractivity contribution in [2.24, 2.45) is 5.41 Å². The zero-order valence-corrected chi connectivity index (χ0v) is 17.1. The van der Waals surface area contributed by atoms with Gasteiger partial charge in [-0.25, -0.2) is 0 Å². The third-order valence-corrected chi connectivity index (χ3v) is 6.28. The minimum Gasteiger partial charge on any atom is -0.492 e. The third-order valence-electron chi connectivity index (χ3n) is 6.28. The normalized spacial score (nSPS) is 20.0. The molecule has 0 radical (unpaired) electrons. The van der Waals surface area contributed by atoms with E-state index < -0.39 is 0 Å². The van der Waals surface area contributed by atoms with Crippen LogP contribution in [-0.4, -0.2) is 68.8 Å². The zero-order chi connectivity index (χ0) is 19.3. The van der Waals surface area contributed by atoms with Gasteiger partial charge in [-0.3, -0.25) is 9.69 Å². The molecule has 3 rings (SSSR count). The van der Waals surface area contributed by atoms with Crippen molar-refractivity contribution in [2.75, 3.05) is 53.0 Å². The Morgan fingerprint density at radius 2 is 1.93 bits per heavy atom. The van der Waals surface area contributed by atoms with Gasteiger partial charge in [0.25, 0.3) is 0 Å². The van der Waals surface area contributed by atoms with Crippen molar-refractivity contribution in [3.8, 4) is 5.75 Å². The number of nitrogens with zero attached hydrogens (tertiary/aromatic N) is 2. The van der Waals surface area contributed by atoms with Gasteiger partial charge in [0.15, 0.2) is 0 Å². The number of hydrogen-bond acceptors (Lipinski definition) is 4. The summed E-state index contributed by atoms with van der Waals surface area (Å²) in [5.41, 5.74) is 2.24.